The first kappa shape index (κ1) is 37.7. The number of aryl methyl sites for hydroxylation is 1. The summed E-state index contributed by atoms with van der Waals surface area (Å²) in [5, 5.41) is 12.8. The normalized spacial score (nSPS) is 15.8. The second kappa shape index (κ2) is 18.5. The van der Waals surface area contributed by atoms with Gasteiger partial charge < -0.3 is 5.11 Å². The predicted molar refractivity (Wildman–Crippen MR) is 311 cm³/mol. The Morgan fingerprint density at radius 3 is 1.66 bits per heavy atom. The molecular weight excluding hydrogens is 887 g/mol. The monoisotopic (exact) mass is 974 g/mol. The van der Waals surface area contributed by atoms with Gasteiger partial charge in [0.25, 0.3) is 0 Å². The lowest BCUT2D eigenvalue weighted by atomic mass is 9.78. The number of aromatic hydroxyl groups is 1. The molecule has 0 aliphatic rings. The van der Waals surface area contributed by atoms with E-state index in [1.807, 2.05) is 104 Å². The van der Waals surface area contributed by atoms with Gasteiger partial charge in [-0.1, -0.05) is 201 Å². The summed E-state index contributed by atoms with van der Waals surface area (Å²) >= 11 is 0. The van der Waals surface area contributed by atoms with Crippen molar-refractivity contribution in [3.8, 4) is 78.6 Å². The molecule has 1 N–H and O–H groups in total. The highest BCUT2D eigenvalue weighted by Gasteiger charge is 2.30. The standard InChI is InChI=1S/C69H75N3O/c1-43-35-61(55(42-57(43)68(11,12)13)46-27-31-52(32-28-46)66(5,6)7)72-60-24-20-23-54(62(60)71-64(72)56-40-53(67(8,9)10)41-58(63(56)73)69(14,15)16)49-36-48(44-21-18-17-19-22-44)37-50(38-49)59-39-47(33-34-70-59)45-25-29-51(30-26-45)65(2,3)4/h17-42,73H,1-16H3/i1D3,2D3,3D3,4D3. The third kappa shape index (κ3) is 10.2. The second-order valence-electron chi connectivity index (χ2n) is 23.8. The Bertz CT molecular complexity index is 3930. The molecule has 4 nitrogen and oxygen atoms in total. The van der Waals surface area contributed by atoms with Crippen LogP contribution in [0.15, 0.2) is 158 Å². The van der Waals surface area contributed by atoms with Gasteiger partial charge in [-0.15, -0.1) is 0 Å². The van der Waals surface area contributed by atoms with E-state index in [0.29, 0.717) is 50.5 Å². The van der Waals surface area contributed by atoms with Gasteiger partial charge in [-0.3, -0.25) is 9.55 Å². The molecule has 73 heavy (non-hydrogen) atoms. The number of rotatable bonds is 7. The molecular formula is C69H75N3O. The summed E-state index contributed by atoms with van der Waals surface area (Å²) < 4.78 is 104. The van der Waals surface area contributed by atoms with Crippen molar-refractivity contribution in [1.82, 2.24) is 14.5 Å². The van der Waals surface area contributed by atoms with Gasteiger partial charge in [0.05, 0.1) is 28.0 Å². The molecule has 0 fully saturated rings. The smallest absolute Gasteiger partial charge is 0.149 e. The van der Waals surface area contributed by atoms with E-state index in [9.17, 15) is 5.11 Å². The van der Waals surface area contributed by atoms with Crippen LogP contribution >= 0.6 is 0 Å². The quantitative estimate of drug-likeness (QED) is 0.173. The number of aromatic nitrogens is 3. The fourth-order valence-electron chi connectivity index (χ4n) is 9.75. The number of phenolic OH excluding ortho intramolecular Hbond substituents is 1. The number of phenols is 1. The number of pyridine rings is 1. The van der Waals surface area contributed by atoms with Crippen LogP contribution in [0.25, 0.3) is 83.9 Å². The van der Waals surface area contributed by atoms with Crippen LogP contribution in [-0.4, -0.2) is 19.6 Å². The molecule has 0 radical (unpaired) electrons. The maximum absolute atomic E-state index is 12.8. The minimum Gasteiger partial charge on any atom is -0.507 e. The number of hydrogen-bond donors (Lipinski definition) is 1. The molecule has 0 aliphatic heterocycles. The highest BCUT2D eigenvalue weighted by atomic mass is 16.3. The molecule has 2 aromatic heterocycles. The lowest BCUT2D eigenvalue weighted by Gasteiger charge is -2.28. The van der Waals surface area contributed by atoms with Crippen molar-refractivity contribution in [2.75, 3.05) is 0 Å². The molecule has 0 aliphatic carbocycles. The molecule has 0 saturated heterocycles. The van der Waals surface area contributed by atoms with Crippen molar-refractivity contribution >= 4 is 11.0 Å². The molecule has 9 rings (SSSR count). The van der Waals surface area contributed by atoms with Crippen molar-refractivity contribution in [2.45, 2.75) is 138 Å². The van der Waals surface area contributed by atoms with E-state index in [4.69, 9.17) is 26.4 Å². The molecule has 0 atom stereocenters. The van der Waals surface area contributed by atoms with E-state index in [1.54, 1.807) is 18.3 Å². The van der Waals surface area contributed by atoms with Crippen LogP contribution in [0.2, 0.25) is 0 Å². The van der Waals surface area contributed by atoms with Crippen LogP contribution in [0.3, 0.4) is 0 Å². The number of nitrogens with zero attached hydrogens (tertiary/aromatic N) is 3. The van der Waals surface area contributed by atoms with Gasteiger partial charge in [0, 0.05) is 44.9 Å². The van der Waals surface area contributed by atoms with E-state index in [-0.39, 0.29) is 27.7 Å². The lowest BCUT2D eigenvalue weighted by molar-refractivity contribution is 0.446. The second-order valence-corrected chi connectivity index (χ2v) is 23.8. The number of imidazole rings is 1. The zero-order valence-corrected chi connectivity index (χ0v) is 44.3. The van der Waals surface area contributed by atoms with Gasteiger partial charge >= 0.3 is 0 Å². The van der Waals surface area contributed by atoms with Crippen molar-refractivity contribution in [1.29, 1.82) is 0 Å². The van der Waals surface area contributed by atoms with Crippen LogP contribution in [0.5, 0.6) is 5.75 Å². The van der Waals surface area contributed by atoms with E-state index < -0.39 is 43.7 Å². The summed E-state index contributed by atoms with van der Waals surface area (Å²) in [6, 6.07) is 47.7. The number of hydrogen-bond acceptors (Lipinski definition) is 3. The highest BCUT2D eigenvalue weighted by Crippen LogP contribution is 2.47. The minimum absolute atomic E-state index is 0.0668. The van der Waals surface area contributed by atoms with Crippen LogP contribution in [-0.2, 0) is 27.1 Å². The summed E-state index contributed by atoms with van der Waals surface area (Å²) in [6.45, 7) is 12.5. The van der Waals surface area contributed by atoms with Crippen LogP contribution in [0.4, 0.5) is 0 Å². The summed E-state index contributed by atoms with van der Waals surface area (Å²) in [5.74, 6) is 0.481. The molecule has 0 saturated carbocycles. The molecule has 0 unspecified atom stereocenters. The number of benzene rings is 7. The topological polar surface area (TPSA) is 50.9 Å². The van der Waals surface area contributed by atoms with Crippen LogP contribution < -0.4 is 0 Å². The molecule has 4 heteroatoms. The summed E-state index contributed by atoms with van der Waals surface area (Å²) in [4.78, 5) is 10.5. The van der Waals surface area contributed by atoms with E-state index >= 15 is 0 Å². The molecule has 0 spiro atoms. The molecule has 7 aromatic carbocycles. The number of fused-ring (bicyclic) bond motifs is 1. The average Bonchev–Trinajstić information content (AvgIpc) is 1.48. The first-order valence-corrected chi connectivity index (χ1v) is 25.1. The van der Waals surface area contributed by atoms with Crippen molar-refractivity contribution in [3.05, 3.63) is 191 Å². The summed E-state index contributed by atoms with van der Waals surface area (Å²) in [5.41, 5.74) is 8.46. The van der Waals surface area contributed by atoms with Gasteiger partial charge in [-0.2, -0.15) is 0 Å². The maximum Gasteiger partial charge on any atom is 0.149 e. The molecule has 2 heterocycles. The Morgan fingerprint density at radius 2 is 1.04 bits per heavy atom. The van der Waals surface area contributed by atoms with E-state index in [2.05, 4.69) is 98.7 Å². The van der Waals surface area contributed by atoms with E-state index in [0.717, 1.165) is 55.6 Å². The van der Waals surface area contributed by atoms with Gasteiger partial charge in [-0.25, -0.2) is 4.98 Å². The third-order valence-electron chi connectivity index (χ3n) is 14.0. The van der Waals surface area contributed by atoms with Crippen molar-refractivity contribution < 1.29 is 21.6 Å². The Balaban J connectivity index is 1.35. The average molecular weight is 974 g/mol. The van der Waals surface area contributed by atoms with Crippen LogP contribution in [0.1, 0.15) is 153 Å². The lowest BCUT2D eigenvalue weighted by Crippen LogP contribution is -2.17. The van der Waals surface area contributed by atoms with Crippen molar-refractivity contribution in [2.24, 2.45) is 0 Å². The maximum atomic E-state index is 12.8. The molecule has 372 valence electrons. The third-order valence-corrected chi connectivity index (χ3v) is 14.0. The first-order valence-electron chi connectivity index (χ1n) is 31.1. The first-order chi connectivity index (χ1) is 39.1. The molecule has 0 amide bonds. The highest BCUT2D eigenvalue weighted by molar-refractivity contribution is 5.98. The van der Waals surface area contributed by atoms with Gasteiger partial charge in [0.1, 0.15) is 11.6 Å². The Kier molecular flexibility index (Phi) is 9.53. The fourth-order valence-corrected chi connectivity index (χ4v) is 9.75. The number of para-hydroxylation sites is 1. The summed E-state index contributed by atoms with van der Waals surface area (Å²) in [7, 11) is 0. The van der Waals surface area contributed by atoms with Gasteiger partial charge in [-0.05, 0) is 150 Å². The van der Waals surface area contributed by atoms with Crippen LogP contribution in [0, 0.1) is 6.85 Å². The summed E-state index contributed by atoms with van der Waals surface area (Å²) in [6.07, 6.45) is 1.65. The Morgan fingerprint density at radius 1 is 0.438 bits per heavy atom. The zero-order chi connectivity index (χ0) is 62.6. The van der Waals surface area contributed by atoms with Gasteiger partial charge in [0.15, 0.2) is 0 Å². The minimum atomic E-state index is -3.40. The van der Waals surface area contributed by atoms with Gasteiger partial charge in [0.2, 0.25) is 0 Å². The molecule has 0 bridgehead atoms. The SMILES string of the molecule is [2H]C([2H])([2H])c1cc(-n2c(-c3cc(C(C)(C)C)cc(C(C)(C)C)c3O)nc3c(-c4cc(-c5ccccc5)cc(-c5cc(-c6ccc(C(C([2H])([2H])[2H])(C([2H])([2H])[2H])C([2H])([2H])[2H])cc6)ccn5)c4)cccc32)c(-c2ccc(C(C)(C)C)cc2)cc1C(C)(C)C. The largest absolute Gasteiger partial charge is 0.507 e. The zero-order valence-electron chi connectivity index (χ0n) is 56.3. The van der Waals surface area contributed by atoms with E-state index in [1.165, 1.54) is 24.3 Å². The predicted octanol–water partition coefficient (Wildman–Crippen LogP) is 18.9. The fraction of sp³-hybridized carbons (Fsp3) is 0.304. The Hall–Kier alpha value is -7.04. The van der Waals surface area contributed by atoms with Crippen molar-refractivity contribution in [3.63, 3.8) is 0 Å². The Labute approximate surface area is 453 Å². The molecule has 9 aromatic rings.